The zero-order valence-electron chi connectivity index (χ0n) is 10.9. The van der Waals surface area contributed by atoms with Crippen molar-refractivity contribution in [2.24, 2.45) is 5.73 Å². The van der Waals surface area contributed by atoms with E-state index in [0.717, 1.165) is 12.1 Å². The predicted molar refractivity (Wildman–Crippen MR) is 75.7 cm³/mol. The largest absolute Gasteiger partial charge is 0.330 e. The maximum atomic E-state index is 6.03. The third-order valence-corrected chi connectivity index (χ3v) is 4.34. The standard InChI is InChI=1S/C16H20N2/c1-12-4-6-14-13(10-12)5-7-15(18-14)16(11-17)8-2-3-9-16/h4-7,10H,2-3,8-9,11,17H2,1H3. The lowest BCUT2D eigenvalue weighted by molar-refractivity contribution is 0.441. The van der Waals surface area contributed by atoms with Crippen LogP contribution in [0.5, 0.6) is 0 Å². The fourth-order valence-electron chi connectivity index (χ4n) is 3.16. The lowest BCUT2D eigenvalue weighted by atomic mass is 9.82. The summed E-state index contributed by atoms with van der Waals surface area (Å²) in [5.74, 6) is 0. The molecular weight excluding hydrogens is 220 g/mol. The van der Waals surface area contributed by atoms with E-state index in [1.54, 1.807) is 0 Å². The maximum Gasteiger partial charge on any atom is 0.0705 e. The smallest absolute Gasteiger partial charge is 0.0705 e. The molecule has 0 aliphatic heterocycles. The Hall–Kier alpha value is -1.41. The molecule has 2 aromatic rings. The van der Waals surface area contributed by atoms with Crippen molar-refractivity contribution in [2.45, 2.75) is 38.0 Å². The van der Waals surface area contributed by atoms with Crippen LogP contribution in [0.4, 0.5) is 0 Å². The summed E-state index contributed by atoms with van der Waals surface area (Å²) in [6.45, 7) is 2.84. The number of hydrogen-bond donors (Lipinski definition) is 1. The quantitative estimate of drug-likeness (QED) is 0.874. The molecule has 1 saturated carbocycles. The Morgan fingerprint density at radius 2 is 1.94 bits per heavy atom. The first-order valence-corrected chi connectivity index (χ1v) is 6.81. The molecule has 0 spiro atoms. The molecule has 0 radical (unpaired) electrons. The molecule has 1 aliphatic carbocycles. The van der Waals surface area contributed by atoms with Gasteiger partial charge in [-0.25, -0.2) is 0 Å². The van der Waals surface area contributed by atoms with Crippen LogP contribution in [0.2, 0.25) is 0 Å². The SMILES string of the molecule is Cc1ccc2nc(C3(CN)CCCC3)ccc2c1. The van der Waals surface area contributed by atoms with Crippen LogP contribution >= 0.6 is 0 Å². The van der Waals surface area contributed by atoms with E-state index in [0.29, 0.717) is 0 Å². The van der Waals surface area contributed by atoms with E-state index in [2.05, 4.69) is 37.3 Å². The minimum absolute atomic E-state index is 0.138. The second kappa shape index (κ2) is 4.36. The Morgan fingerprint density at radius 3 is 2.67 bits per heavy atom. The van der Waals surface area contributed by atoms with Gasteiger partial charge in [0.25, 0.3) is 0 Å². The molecule has 1 aromatic carbocycles. The van der Waals surface area contributed by atoms with Crippen LogP contribution in [0.1, 0.15) is 36.9 Å². The van der Waals surface area contributed by atoms with E-state index >= 15 is 0 Å². The first-order chi connectivity index (χ1) is 8.73. The number of rotatable bonds is 2. The van der Waals surface area contributed by atoms with Crippen molar-refractivity contribution in [1.29, 1.82) is 0 Å². The number of aryl methyl sites for hydroxylation is 1. The van der Waals surface area contributed by atoms with Crippen LogP contribution < -0.4 is 5.73 Å². The van der Waals surface area contributed by atoms with E-state index in [1.807, 2.05) is 0 Å². The first kappa shape index (κ1) is 11.7. The Morgan fingerprint density at radius 1 is 1.17 bits per heavy atom. The van der Waals surface area contributed by atoms with Gasteiger partial charge in [-0.1, -0.05) is 30.5 Å². The number of aromatic nitrogens is 1. The molecule has 94 valence electrons. The van der Waals surface area contributed by atoms with Crippen molar-refractivity contribution >= 4 is 10.9 Å². The van der Waals surface area contributed by atoms with Gasteiger partial charge in [-0.05, 0) is 38.0 Å². The van der Waals surface area contributed by atoms with Crippen LogP contribution in [-0.4, -0.2) is 11.5 Å². The minimum Gasteiger partial charge on any atom is -0.330 e. The molecule has 1 aliphatic rings. The second-order valence-electron chi connectivity index (χ2n) is 5.58. The third kappa shape index (κ3) is 1.81. The van der Waals surface area contributed by atoms with E-state index in [9.17, 15) is 0 Å². The van der Waals surface area contributed by atoms with Gasteiger partial charge in [-0.3, -0.25) is 4.98 Å². The molecular formula is C16H20N2. The van der Waals surface area contributed by atoms with Crippen molar-refractivity contribution in [2.75, 3.05) is 6.54 Å². The highest BCUT2D eigenvalue weighted by Crippen LogP contribution is 2.39. The van der Waals surface area contributed by atoms with Gasteiger partial charge < -0.3 is 5.73 Å². The molecule has 0 unspecified atom stereocenters. The summed E-state index contributed by atoms with van der Waals surface area (Å²) in [6.07, 6.45) is 4.94. The van der Waals surface area contributed by atoms with Gasteiger partial charge >= 0.3 is 0 Å². The van der Waals surface area contributed by atoms with Crippen LogP contribution in [-0.2, 0) is 5.41 Å². The highest BCUT2D eigenvalue weighted by molar-refractivity contribution is 5.79. The van der Waals surface area contributed by atoms with Crippen molar-refractivity contribution in [1.82, 2.24) is 4.98 Å². The van der Waals surface area contributed by atoms with Gasteiger partial charge in [-0.2, -0.15) is 0 Å². The summed E-state index contributed by atoms with van der Waals surface area (Å²) in [6, 6.07) is 10.8. The summed E-state index contributed by atoms with van der Waals surface area (Å²) < 4.78 is 0. The summed E-state index contributed by atoms with van der Waals surface area (Å²) in [5, 5.41) is 1.23. The second-order valence-corrected chi connectivity index (χ2v) is 5.58. The van der Waals surface area contributed by atoms with Gasteiger partial charge in [0, 0.05) is 23.0 Å². The molecule has 2 N–H and O–H groups in total. The molecule has 0 atom stereocenters. The van der Waals surface area contributed by atoms with Crippen LogP contribution in [0, 0.1) is 6.92 Å². The third-order valence-electron chi connectivity index (χ3n) is 4.34. The maximum absolute atomic E-state index is 6.03. The minimum atomic E-state index is 0.138. The molecule has 0 amide bonds. The highest BCUT2D eigenvalue weighted by atomic mass is 14.8. The van der Waals surface area contributed by atoms with Crippen LogP contribution in [0.15, 0.2) is 30.3 Å². The normalized spacial score (nSPS) is 18.3. The van der Waals surface area contributed by atoms with Crippen LogP contribution in [0.3, 0.4) is 0 Å². The number of nitrogens with zero attached hydrogens (tertiary/aromatic N) is 1. The topological polar surface area (TPSA) is 38.9 Å². The number of fused-ring (bicyclic) bond motifs is 1. The molecule has 0 saturated heterocycles. The molecule has 0 bridgehead atoms. The zero-order chi connectivity index (χ0) is 12.6. The van der Waals surface area contributed by atoms with Gasteiger partial charge in [0.05, 0.1) is 5.52 Å². The van der Waals surface area contributed by atoms with Crippen molar-refractivity contribution in [3.8, 4) is 0 Å². The van der Waals surface area contributed by atoms with Crippen molar-refractivity contribution in [3.05, 3.63) is 41.6 Å². The molecule has 2 nitrogen and oxygen atoms in total. The van der Waals surface area contributed by atoms with Gasteiger partial charge in [-0.15, -0.1) is 0 Å². The Labute approximate surface area is 108 Å². The number of benzene rings is 1. The predicted octanol–water partition coefficient (Wildman–Crippen LogP) is 3.31. The Bertz CT molecular complexity index is 568. The number of pyridine rings is 1. The fraction of sp³-hybridized carbons (Fsp3) is 0.438. The zero-order valence-corrected chi connectivity index (χ0v) is 10.9. The van der Waals surface area contributed by atoms with E-state index in [-0.39, 0.29) is 5.41 Å². The molecule has 2 heteroatoms. The fourth-order valence-corrected chi connectivity index (χ4v) is 3.16. The van der Waals surface area contributed by atoms with Gasteiger partial charge in [0.1, 0.15) is 0 Å². The van der Waals surface area contributed by atoms with Crippen molar-refractivity contribution in [3.63, 3.8) is 0 Å². The van der Waals surface area contributed by atoms with Gasteiger partial charge in [0.2, 0.25) is 0 Å². The van der Waals surface area contributed by atoms with Crippen molar-refractivity contribution < 1.29 is 0 Å². The first-order valence-electron chi connectivity index (χ1n) is 6.81. The average molecular weight is 240 g/mol. The lowest BCUT2D eigenvalue weighted by Crippen LogP contribution is -2.32. The highest BCUT2D eigenvalue weighted by Gasteiger charge is 2.35. The van der Waals surface area contributed by atoms with E-state index in [4.69, 9.17) is 10.7 Å². The number of hydrogen-bond acceptors (Lipinski definition) is 2. The molecule has 3 rings (SSSR count). The Kier molecular flexibility index (Phi) is 2.83. The summed E-state index contributed by atoms with van der Waals surface area (Å²) in [4.78, 5) is 4.86. The molecule has 1 aromatic heterocycles. The van der Waals surface area contributed by atoms with Gasteiger partial charge in [0.15, 0.2) is 0 Å². The molecule has 18 heavy (non-hydrogen) atoms. The summed E-state index contributed by atoms with van der Waals surface area (Å²) >= 11 is 0. The lowest BCUT2D eigenvalue weighted by Gasteiger charge is -2.26. The number of nitrogens with two attached hydrogens (primary N) is 1. The Balaban J connectivity index is 2.10. The molecule has 1 fully saturated rings. The van der Waals surface area contributed by atoms with E-state index in [1.165, 1.54) is 42.3 Å². The summed E-state index contributed by atoms with van der Waals surface area (Å²) in [5.41, 5.74) is 9.74. The van der Waals surface area contributed by atoms with E-state index < -0.39 is 0 Å². The monoisotopic (exact) mass is 240 g/mol. The summed E-state index contributed by atoms with van der Waals surface area (Å²) in [7, 11) is 0. The van der Waals surface area contributed by atoms with Crippen LogP contribution in [0.25, 0.3) is 10.9 Å². The molecule has 1 heterocycles. The average Bonchev–Trinajstić information content (AvgIpc) is 2.88.